The zero-order valence-corrected chi connectivity index (χ0v) is 18.5. The second-order valence-electron chi connectivity index (χ2n) is 7.69. The van der Waals surface area contributed by atoms with E-state index >= 15 is 0 Å². The number of amides is 2. The number of carbonyl (C=O) groups is 2. The molecule has 2 amide bonds. The summed E-state index contributed by atoms with van der Waals surface area (Å²) in [5, 5.41) is 6.56. The SMILES string of the molecule is CN(C)C/C=C/C(=O)NCc1ccc(C(=O)N2CC[C@H](Nc3ncc(Cl)cn3)C2)cc1. The Balaban J connectivity index is 1.47. The molecular weight excluding hydrogens is 416 g/mol. The highest BCUT2D eigenvalue weighted by Crippen LogP contribution is 2.17. The van der Waals surface area contributed by atoms with Crippen molar-refractivity contribution < 1.29 is 9.59 Å². The molecule has 3 rings (SSSR count). The smallest absolute Gasteiger partial charge is 0.253 e. The molecule has 0 aliphatic carbocycles. The first-order valence-corrected chi connectivity index (χ1v) is 10.5. The average Bonchev–Trinajstić information content (AvgIpc) is 3.22. The van der Waals surface area contributed by atoms with Gasteiger partial charge in [0.2, 0.25) is 11.9 Å². The Bertz CT molecular complexity index is 915. The van der Waals surface area contributed by atoms with E-state index in [0.717, 1.165) is 12.0 Å². The monoisotopic (exact) mass is 442 g/mol. The quantitative estimate of drug-likeness (QED) is 0.609. The van der Waals surface area contributed by atoms with Gasteiger partial charge in [-0.25, -0.2) is 9.97 Å². The lowest BCUT2D eigenvalue weighted by atomic mass is 10.1. The Morgan fingerprint density at radius 1 is 1.23 bits per heavy atom. The van der Waals surface area contributed by atoms with Gasteiger partial charge in [-0.15, -0.1) is 0 Å². The maximum Gasteiger partial charge on any atom is 0.253 e. The van der Waals surface area contributed by atoms with Crippen LogP contribution in [0.4, 0.5) is 5.95 Å². The third-order valence-electron chi connectivity index (χ3n) is 4.84. The lowest BCUT2D eigenvalue weighted by molar-refractivity contribution is -0.116. The third kappa shape index (κ3) is 7.04. The minimum Gasteiger partial charge on any atom is -0.350 e. The second kappa shape index (κ2) is 10.9. The van der Waals surface area contributed by atoms with Gasteiger partial charge in [-0.2, -0.15) is 0 Å². The number of likely N-dealkylation sites (N-methyl/N-ethyl adjacent to an activating group) is 1. The molecule has 8 nitrogen and oxygen atoms in total. The van der Waals surface area contributed by atoms with Crippen molar-refractivity contribution in [1.29, 1.82) is 0 Å². The number of anilines is 1. The third-order valence-corrected chi connectivity index (χ3v) is 5.03. The van der Waals surface area contributed by atoms with Crippen molar-refractivity contribution in [2.75, 3.05) is 39.0 Å². The summed E-state index contributed by atoms with van der Waals surface area (Å²) in [6.45, 7) is 2.38. The standard InChI is InChI=1S/C22H27ClN6O2/c1-28(2)10-3-4-20(30)24-12-16-5-7-17(8-6-16)21(31)29-11-9-19(15-29)27-22-25-13-18(23)14-26-22/h3-8,13-14,19H,9-12,15H2,1-2H3,(H,24,30)(H,25,26,27)/b4-3+/t19-/m0/s1. The lowest BCUT2D eigenvalue weighted by Gasteiger charge is -2.17. The highest BCUT2D eigenvalue weighted by molar-refractivity contribution is 6.30. The first kappa shape index (κ1) is 22.7. The van der Waals surface area contributed by atoms with Crippen LogP contribution in [0.2, 0.25) is 5.02 Å². The fourth-order valence-electron chi connectivity index (χ4n) is 3.20. The van der Waals surface area contributed by atoms with E-state index in [4.69, 9.17) is 11.6 Å². The van der Waals surface area contributed by atoms with Crippen molar-refractivity contribution in [3.05, 3.63) is 65.0 Å². The van der Waals surface area contributed by atoms with Gasteiger partial charge in [0.15, 0.2) is 0 Å². The van der Waals surface area contributed by atoms with E-state index in [2.05, 4.69) is 20.6 Å². The zero-order chi connectivity index (χ0) is 22.2. The van der Waals surface area contributed by atoms with Crippen LogP contribution in [-0.2, 0) is 11.3 Å². The molecule has 1 aromatic heterocycles. The molecule has 0 spiro atoms. The predicted molar refractivity (Wildman–Crippen MR) is 121 cm³/mol. The Morgan fingerprint density at radius 3 is 2.61 bits per heavy atom. The van der Waals surface area contributed by atoms with E-state index in [1.165, 1.54) is 6.08 Å². The molecule has 1 aromatic carbocycles. The molecule has 9 heteroatoms. The van der Waals surface area contributed by atoms with Gasteiger partial charge in [-0.05, 0) is 38.2 Å². The molecule has 1 atom stereocenters. The van der Waals surface area contributed by atoms with Crippen molar-refractivity contribution in [3.63, 3.8) is 0 Å². The molecule has 0 radical (unpaired) electrons. The summed E-state index contributed by atoms with van der Waals surface area (Å²) in [6, 6.07) is 7.43. The molecule has 1 fully saturated rings. The van der Waals surface area contributed by atoms with Crippen molar-refractivity contribution in [2.24, 2.45) is 0 Å². The molecule has 1 aliphatic heterocycles. The van der Waals surface area contributed by atoms with E-state index in [1.54, 1.807) is 24.5 Å². The van der Waals surface area contributed by atoms with Crippen LogP contribution >= 0.6 is 11.6 Å². The minimum atomic E-state index is -0.137. The molecule has 2 heterocycles. The van der Waals surface area contributed by atoms with Crippen LogP contribution in [0, 0.1) is 0 Å². The Hall–Kier alpha value is -2.97. The number of hydrogen-bond donors (Lipinski definition) is 2. The van der Waals surface area contributed by atoms with Gasteiger partial charge in [0, 0.05) is 43.9 Å². The van der Waals surface area contributed by atoms with Crippen LogP contribution in [0.3, 0.4) is 0 Å². The molecule has 0 bridgehead atoms. The highest BCUT2D eigenvalue weighted by Gasteiger charge is 2.27. The van der Waals surface area contributed by atoms with E-state index in [0.29, 0.717) is 42.7 Å². The van der Waals surface area contributed by atoms with Gasteiger partial charge in [0.1, 0.15) is 0 Å². The van der Waals surface area contributed by atoms with Gasteiger partial charge in [-0.3, -0.25) is 9.59 Å². The van der Waals surface area contributed by atoms with Crippen LogP contribution in [0.25, 0.3) is 0 Å². The Morgan fingerprint density at radius 2 is 1.94 bits per heavy atom. The summed E-state index contributed by atoms with van der Waals surface area (Å²) < 4.78 is 0. The summed E-state index contributed by atoms with van der Waals surface area (Å²) in [5.41, 5.74) is 1.57. The Kier molecular flexibility index (Phi) is 7.97. The van der Waals surface area contributed by atoms with Crippen molar-refractivity contribution in [2.45, 2.75) is 19.0 Å². The van der Waals surface area contributed by atoms with E-state index in [1.807, 2.05) is 42.1 Å². The average molecular weight is 443 g/mol. The van der Waals surface area contributed by atoms with Gasteiger partial charge >= 0.3 is 0 Å². The lowest BCUT2D eigenvalue weighted by Crippen LogP contribution is -2.31. The largest absolute Gasteiger partial charge is 0.350 e. The van der Waals surface area contributed by atoms with E-state index in [-0.39, 0.29) is 17.9 Å². The summed E-state index contributed by atoms with van der Waals surface area (Å²) in [5.74, 6) is 0.359. The molecular formula is C22H27ClN6O2. The number of hydrogen-bond acceptors (Lipinski definition) is 6. The molecule has 31 heavy (non-hydrogen) atoms. The molecule has 164 valence electrons. The zero-order valence-electron chi connectivity index (χ0n) is 17.7. The van der Waals surface area contributed by atoms with Crippen molar-refractivity contribution in [1.82, 2.24) is 25.1 Å². The van der Waals surface area contributed by atoms with Crippen LogP contribution in [0.15, 0.2) is 48.8 Å². The summed E-state index contributed by atoms with van der Waals surface area (Å²) in [4.78, 5) is 36.7. The van der Waals surface area contributed by atoms with E-state index in [9.17, 15) is 9.59 Å². The summed E-state index contributed by atoms with van der Waals surface area (Å²) in [7, 11) is 3.88. The molecule has 0 unspecified atom stereocenters. The molecule has 2 aromatic rings. The number of carbonyl (C=O) groups excluding carboxylic acids is 2. The first-order chi connectivity index (χ1) is 14.9. The number of benzene rings is 1. The number of aromatic nitrogens is 2. The number of rotatable bonds is 8. The van der Waals surface area contributed by atoms with Crippen LogP contribution in [-0.4, -0.2) is 71.4 Å². The molecule has 1 saturated heterocycles. The topological polar surface area (TPSA) is 90.5 Å². The van der Waals surface area contributed by atoms with Crippen LogP contribution in [0.1, 0.15) is 22.3 Å². The van der Waals surface area contributed by atoms with Crippen molar-refractivity contribution in [3.8, 4) is 0 Å². The predicted octanol–water partition coefficient (Wildman–Crippen LogP) is 2.19. The van der Waals surface area contributed by atoms with Gasteiger partial charge in [-0.1, -0.05) is 29.8 Å². The molecule has 1 aliphatic rings. The van der Waals surface area contributed by atoms with Gasteiger partial charge < -0.3 is 20.4 Å². The minimum absolute atomic E-state index is 0.0106. The number of likely N-dealkylation sites (tertiary alicyclic amines) is 1. The van der Waals surface area contributed by atoms with Gasteiger partial charge in [0.05, 0.1) is 17.4 Å². The second-order valence-corrected chi connectivity index (χ2v) is 8.12. The van der Waals surface area contributed by atoms with Gasteiger partial charge in [0.25, 0.3) is 5.91 Å². The number of nitrogens with zero attached hydrogens (tertiary/aromatic N) is 4. The summed E-state index contributed by atoms with van der Waals surface area (Å²) >= 11 is 5.81. The maximum atomic E-state index is 12.8. The number of nitrogens with one attached hydrogen (secondary N) is 2. The fraction of sp³-hybridized carbons (Fsp3) is 0.364. The summed E-state index contributed by atoms with van der Waals surface area (Å²) in [6.07, 6.45) is 7.25. The molecule has 0 saturated carbocycles. The molecule has 2 N–H and O–H groups in total. The first-order valence-electron chi connectivity index (χ1n) is 10.1. The van der Waals surface area contributed by atoms with Crippen LogP contribution in [0.5, 0.6) is 0 Å². The van der Waals surface area contributed by atoms with Crippen molar-refractivity contribution >= 4 is 29.4 Å². The number of halogens is 1. The highest BCUT2D eigenvalue weighted by atomic mass is 35.5. The maximum absolute atomic E-state index is 12.8. The Labute approximate surface area is 187 Å². The van der Waals surface area contributed by atoms with E-state index < -0.39 is 0 Å². The fourth-order valence-corrected chi connectivity index (χ4v) is 3.30. The normalized spacial score (nSPS) is 16.1. The van der Waals surface area contributed by atoms with Crippen LogP contribution < -0.4 is 10.6 Å².